The van der Waals surface area contributed by atoms with Crippen molar-refractivity contribution in [3.63, 3.8) is 0 Å². The molecule has 1 amide bonds. The Morgan fingerprint density at radius 3 is 3.06 bits per heavy atom. The topological polar surface area (TPSA) is 78.0 Å². The second-order valence-corrected chi connectivity index (χ2v) is 4.21. The lowest BCUT2D eigenvalue weighted by Gasteiger charge is -2.04. The minimum absolute atomic E-state index is 0.0675. The van der Waals surface area contributed by atoms with Crippen molar-refractivity contribution >= 4 is 16.8 Å². The third kappa shape index (κ3) is 3.07. The normalized spacial score (nSPS) is 10.7. The van der Waals surface area contributed by atoms with Gasteiger partial charge in [0.05, 0.1) is 11.7 Å². The number of amides is 1. The zero-order valence-corrected chi connectivity index (χ0v) is 10.1. The molecule has 5 heteroatoms. The van der Waals surface area contributed by atoms with Gasteiger partial charge in [-0.05, 0) is 37.5 Å². The van der Waals surface area contributed by atoms with Crippen LogP contribution in [0.1, 0.15) is 29.6 Å². The number of carbonyl (C=O) groups excluding carboxylic acids is 1. The molecule has 0 aliphatic heterocycles. The van der Waals surface area contributed by atoms with Crippen LogP contribution >= 0.6 is 0 Å². The summed E-state index contributed by atoms with van der Waals surface area (Å²) in [6.45, 7) is 0.855. The van der Waals surface area contributed by atoms with Crippen molar-refractivity contribution in [2.24, 2.45) is 0 Å². The van der Waals surface area contributed by atoms with Crippen molar-refractivity contribution in [2.75, 3.05) is 13.2 Å². The van der Waals surface area contributed by atoms with Crippen molar-refractivity contribution in [1.82, 2.24) is 15.5 Å². The molecule has 0 radical (unpaired) electrons. The van der Waals surface area contributed by atoms with E-state index in [1.807, 2.05) is 12.1 Å². The van der Waals surface area contributed by atoms with E-state index in [1.54, 1.807) is 12.3 Å². The first-order valence-corrected chi connectivity index (χ1v) is 6.13. The van der Waals surface area contributed by atoms with Crippen LogP contribution in [0.5, 0.6) is 0 Å². The molecule has 1 heterocycles. The Morgan fingerprint density at radius 1 is 1.33 bits per heavy atom. The number of aromatic nitrogens is 2. The van der Waals surface area contributed by atoms with Gasteiger partial charge < -0.3 is 10.4 Å². The Kier molecular flexibility index (Phi) is 4.30. The summed E-state index contributed by atoms with van der Waals surface area (Å²) >= 11 is 0. The molecule has 0 bridgehead atoms. The lowest BCUT2D eigenvalue weighted by molar-refractivity contribution is 0.0953. The van der Waals surface area contributed by atoms with Gasteiger partial charge in [-0.2, -0.15) is 5.10 Å². The van der Waals surface area contributed by atoms with Crippen LogP contribution in [0.3, 0.4) is 0 Å². The number of aromatic amines is 1. The summed E-state index contributed by atoms with van der Waals surface area (Å²) in [7, 11) is 0. The smallest absolute Gasteiger partial charge is 0.251 e. The average molecular weight is 247 g/mol. The van der Waals surface area contributed by atoms with E-state index in [0.29, 0.717) is 12.1 Å². The lowest BCUT2D eigenvalue weighted by Crippen LogP contribution is -2.24. The summed E-state index contributed by atoms with van der Waals surface area (Å²) in [5.74, 6) is -0.0675. The third-order valence-electron chi connectivity index (χ3n) is 2.82. The van der Waals surface area contributed by atoms with Gasteiger partial charge in [-0.15, -0.1) is 0 Å². The van der Waals surface area contributed by atoms with Gasteiger partial charge in [0.1, 0.15) is 0 Å². The van der Waals surface area contributed by atoms with E-state index < -0.39 is 0 Å². The van der Waals surface area contributed by atoms with Gasteiger partial charge in [0.25, 0.3) is 5.91 Å². The van der Waals surface area contributed by atoms with Gasteiger partial charge in [-0.3, -0.25) is 9.89 Å². The molecule has 2 aromatic rings. The molecule has 0 saturated carbocycles. The number of aliphatic hydroxyl groups excluding tert-OH is 1. The van der Waals surface area contributed by atoms with E-state index in [4.69, 9.17) is 5.11 Å². The molecule has 1 aromatic carbocycles. The zero-order chi connectivity index (χ0) is 12.8. The highest BCUT2D eigenvalue weighted by Gasteiger charge is 2.06. The van der Waals surface area contributed by atoms with E-state index >= 15 is 0 Å². The fraction of sp³-hybridized carbons (Fsp3) is 0.385. The van der Waals surface area contributed by atoms with Crippen LogP contribution in [0.2, 0.25) is 0 Å². The number of nitrogens with zero attached hydrogens (tertiary/aromatic N) is 1. The highest BCUT2D eigenvalue weighted by Crippen LogP contribution is 2.12. The minimum Gasteiger partial charge on any atom is -0.396 e. The van der Waals surface area contributed by atoms with Crippen molar-refractivity contribution in [3.05, 3.63) is 30.0 Å². The maximum atomic E-state index is 11.9. The van der Waals surface area contributed by atoms with Gasteiger partial charge in [0.15, 0.2) is 0 Å². The summed E-state index contributed by atoms with van der Waals surface area (Å²) in [6.07, 6.45) is 4.31. The van der Waals surface area contributed by atoms with E-state index in [9.17, 15) is 4.79 Å². The number of benzene rings is 1. The summed E-state index contributed by atoms with van der Waals surface area (Å²) in [5.41, 5.74) is 1.57. The molecule has 1 aromatic heterocycles. The molecule has 5 nitrogen and oxygen atoms in total. The van der Waals surface area contributed by atoms with Crippen LogP contribution in [-0.2, 0) is 0 Å². The van der Waals surface area contributed by atoms with Crippen LogP contribution in [0.25, 0.3) is 10.9 Å². The lowest BCUT2D eigenvalue weighted by atomic mass is 10.1. The average Bonchev–Trinajstić information content (AvgIpc) is 2.85. The highest BCUT2D eigenvalue weighted by atomic mass is 16.2. The fourth-order valence-corrected chi connectivity index (χ4v) is 1.80. The van der Waals surface area contributed by atoms with Crippen LogP contribution < -0.4 is 5.32 Å². The summed E-state index contributed by atoms with van der Waals surface area (Å²) in [4.78, 5) is 11.9. The number of rotatable bonds is 6. The second-order valence-electron chi connectivity index (χ2n) is 4.21. The molecule has 0 spiro atoms. The number of nitrogens with one attached hydrogen (secondary N) is 2. The molecule has 0 saturated heterocycles. The maximum absolute atomic E-state index is 11.9. The van der Waals surface area contributed by atoms with Crippen molar-refractivity contribution < 1.29 is 9.90 Å². The Hall–Kier alpha value is -1.88. The maximum Gasteiger partial charge on any atom is 0.251 e. The number of hydrogen-bond donors (Lipinski definition) is 3. The fourth-order valence-electron chi connectivity index (χ4n) is 1.80. The minimum atomic E-state index is -0.0675. The Balaban J connectivity index is 1.88. The van der Waals surface area contributed by atoms with Crippen molar-refractivity contribution in [3.8, 4) is 0 Å². The standard InChI is InChI=1S/C13H17N3O2/c17-7-3-1-2-6-14-13(18)10-4-5-12-11(8-10)9-15-16-12/h4-5,8-9,17H,1-3,6-7H2,(H,14,18)(H,15,16). The molecule has 3 N–H and O–H groups in total. The van der Waals surface area contributed by atoms with Crippen LogP contribution in [0, 0.1) is 0 Å². The third-order valence-corrected chi connectivity index (χ3v) is 2.82. The Labute approximate surface area is 105 Å². The predicted octanol–water partition coefficient (Wildman–Crippen LogP) is 1.46. The van der Waals surface area contributed by atoms with E-state index in [0.717, 1.165) is 30.2 Å². The Morgan fingerprint density at radius 2 is 2.22 bits per heavy atom. The molecule has 0 aliphatic rings. The molecule has 96 valence electrons. The van der Waals surface area contributed by atoms with Gasteiger partial charge in [0.2, 0.25) is 0 Å². The molecular weight excluding hydrogens is 230 g/mol. The first kappa shape index (κ1) is 12.6. The van der Waals surface area contributed by atoms with E-state index in [2.05, 4.69) is 15.5 Å². The van der Waals surface area contributed by atoms with E-state index in [1.165, 1.54) is 0 Å². The Bertz CT molecular complexity index is 522. The first-order valence-electron chi connectivity index (χ1n) is 6.13. The molecule has 2 rings (SSSR count). The predicted molar refractivity (Wildman–Crippen MR) is 69.4 cm³/mol. The quantitative estimate of drug-likeness (QED) is 0.676. The molecular formula is C13H17N3O2. The van der Waals surface area contributed by atoms with Gasteiger partial charge in [-0.1, -0.05) is 0 Å². The molecule has 0 aliphatic carbocycles. The van der Waals surface area contributed by atoms with Crippen LogP contribution in [-0.4, -0.2) is 34.4 Å². The van der Waals surface area contributed by atoms with Crippen molar-refractivity contribution in [2.45, 2.75) is 19.3 Å². The second kappa shape index (κ2) is 6.16. The van der Waals surface area contributed by atoms with Crippen LogP contribution in [0.15, 0.2) is 24.4 Å². The number of unbranched alkanes of at least 4 members (excludes halogenated alkanes) is 2. The van der Waals surface area contributed by atoms with Gasteiger partial charge in [-0.25, -0.2) is 0 Å². The summed E-state index contributed by atoms with van der Waals surface area (Å²) in [5, 5.41) is 19.2. The highest BCUT2D eigenvalue weighted by molar-refractivity contribution is 5.97. The number of H-pyrrole nitrogens is 1. The summed E-state index contributed by atoms with van der Waals surface area (Å²) < 4.78 is 0. The number of hydrogen-bond acceptors (Lipinski definition) is 3. The van der Waals surface area contributed by atoms with Gasteiger partial charge >= 0.3 is 0 Å². The number of carbonyl (C=O) groups is 1. The van der Waals surface area contributed by atoms with Crippen LogP contribution in [0.4, 0.5) is 0 Å². The number of aliphatic hydroxyl groups is 1. The first-order chi connectivity index (χ1) is 8.81. The largest absolute Gasteiger partial charge is 0.396 e. The molecule has 0 fully saturated rings. The number of fused-ring (bicyclic) bond motifs is 1. The summed E-state index contributed by atoms with van der Waals surface area (Å²) in [6, 6.07) is 5.45. The van der Waals surface area contributed by atoms with E-state index in [-0.39, 0.29) is 12.5 Å². The molecule has 0 atom stereocenters. The molecule has 18 heavy (non-hydrogen) atoms. The van der Waals surface area contributed by atoms with Gasteiger partial charge in [0, 0.05) is 24.1 Å². The zero-order valence-electron chi connectivity index (χ0n) is 10.1. The molecule has 0 unspecified atom stereocenters. The van der Waals surface area contributed by atoms with Crippen molar-refractivity contribution in [1.29, 1.82) is 0 Å². The monoisotopic (exact) mass is 247 g/mol. The SMILES string of the molecule is O=C(NCCCCCO)c1ccc2[nH]ncc2c1.